The molecular weight excluding hydrogens is 200 g/mol. The lowest BCUT2D eigenvalue weighted by Gasteiger charge is -2.27. The van der Waals surface area contributed by atoms with Crippen LogP contribution in [-0.4, -0.2) is 21.5 Å². The average Bonchev–Trinajstić information content (AvgIpc) is 2.78. The zero-order chi connectivity index (χ0) is 11.4. The molecule has 1 heterocycles. The molecule has 90 valence electrons. The van der Waals surface area contributed by atoms with Crippen molar-refractivity contribution in [2.24, 2.45) is 11.7 Å². The van der Waals surface area contributed by atoms with E-state index in [4.69, 9.17) is 5.73 Å². The van der Waals surface area contributed by atoms with Crippen molar-refractivity contribution in [3.63, 3.8) is 0 Å². The molecule has 0 saturated heterocycles. The molecule has 2 N–H and O–H groups in total. The van der Waals surface area contributed by atoms with Gasteiger partial charge in [0.05, 0.1) is 11.7 Å². The molecule has 0 amide bonds. The highest BCUT2D eigenvalue weighted by atomic mass is 15.4. The molecule has 1 aliphatic rings. The minimum absolute atomic E-state index is 0.571. The van der Waals surface area contributed by atoms with Crippen molar-refractivity contribution in [2.75, 3.05) is 6.54 Å². The second kappa shape index (κ2) is 5.43. The Morgan fingerprint density at radius 2 is 2.12 bits per heavy atom. The fourth-order valence-corrected chi connectivity index (χ4v) is 2.57. The molecule has 0 aromatic carbocycles. The second-order valence-corrected chi connectivity index (χ2v) is 4.81. The van der Waals surface area contributed by atoms with Crippen LogP contribution in [0.4, 0.5) is 0 Å². The van der Waals surface area contributed by atoms with Crippen molar-refractivity contribution in [1.82, 2.24) is 15.0 Å². The molecule has 4 nitrogen and oxygen atoms in total. The van der Waals surface area contributed by atoms with Crippen LogP contribution in [0.2, 0.25) is 0 Å². The Bertz CT molecular complexity index is 313. The summed E-state index contributed by atoms with van der Waals surface area (Å²) in [6.45, 7) is 2.95. The maximum absolute atomic E-state index is 5.51. The van der Waals surface area contributed by atoms with Gasteiger partial charge in [-0.05, 0) is 38.1 Å². The summed E-state index contributed by atoms with van der Waals surface area (Å²) in [6.07, 6.45) is 9.42. The van der Waals surface area contributed by atoms with Gasteiger partial charge in [0.15, 0.2) is 0 Å². The van der Waals surface area contributed by atoms with Gasteiger partial charge in [-0.15, -0.1) is 5.10 Å². The van der Waals surface area contributed by atoms with Crippen LogP contribution in [0.3, 0.4) is 0 Å². The number of hydrogen-bond donors (Lipinski definition) is 1. The monoisotopic (exact) mass is 222 g/mol. The third kappa shape index (κ3) is 2.61. The first-order valence-corrected chi connectivity index (χ1v) is 6.44. The molecule has 4 heteroatoms. The highest BCUT2D eigenvalue weighted by Crippen LogP contribution is 2.33. The van der Waals surface area contributed by atoms with Gasteiger partial charge in [0.25, 0.3) is 0 Å². The van der Waals surface area contributed by atoms with Crippen LogP contribution >= 0.6 is 0 Å². The second-order valence-electron chi connectivity index (χ2n) is 4.81. The molecule has 1 aliphatic carbocycles. The molecule has 0 radical (unpaired) electrons. The fourth-order valence-electron chi connectivity index (χ4n) is 2.57. The lowest BCUT2D eigenvalue weighted by atomic mass is 9.85. The van der Waals surface area contributed by atoms with Gasteiger partial charge in [-0.3, -0.25) is 0 Å². The average molecular weight is 222 g/mol. The van der Waals surface area contributed by atoms with Crippen molar-refractivity contribution in [3.8, 4) is 0 Å². The molecule has 1 aromatic heterocycles. The van der Waals surface area contributed by atoms with Gasteiger partial charge in [-0.25, -0.2) is 4.68 Å². The Morgan fingerprint density at radius 3 is 2.75 bits per heavy atom. The molecule has 0 bridgehead atoms. The van der Waals surface area contributed by atoms with Gasteiger partial charge in [0.2, 0.25) is 0 Å². The highest BCUT2D eigenvalue weighted by molar-refractivity contribution is 4.94. The summed E-state index contributed by atoms with van der Waals surface area (Å²) < 4.78 is 2.05. The van der Waals surface area contributed by atoms with Gasteiger partial charge in [0, 0.05) is 12.6 Å². The number of rotatable bonds is 4. The van der Waals surface area contributed by atoms with Gasteiger partial charge < -0.3 is 5.73 Å². The van der Waals surface area contributed by atoms with Gasteiger partial charge in [-0.1, -0.05) is 18.6 Å². The van der Waals surface area contributed by atoms with Crippen LogP contribution in [0.5, 0.6) is 0 Å². The van der Waals surface area contributed by atoms with E-state index in [1.165, 1.54) is 32.1 Å². The van der Waals surface area contributed by atoms with E-state index in [-0.39, 0.29) is 0 Å². The minimum atomic E-state index is 0.571. The topological polar surface area (TPSA) is 56.7 Å². The number of nitrogens with two attached hydrogens (primary N) is 1. The van der Waals surface area contributed by atoms with Crippen molar-refractivity contribution < 1.29 is 0 Å². The van der Waals surface area contributed by atoms with Gasteiger partial charge in [0.1, 0.15) is 0 Å². The van der Waals surface area contributed by atoms with E-state index in [1.54, 1.807) is 0 Å². The molecule has 1 aromatic rings. The predicted molar refractivity (Wildman–Crippen MR) is 64.1 cm³/mol. The van der Waals surface area contributed by atoms with Crippen molar-refractivity contribution in [3.05, 3.63) is 11.9 Å². The minimum Gasteiger partial charge on any atom is -0.330 e. The first-order chi connectivity index (χ1) is 7.83. The number of nitrogens with zero attached hydrogens (tertiary/aromatic N) is 3. The normalized spacial score (nSPS) is 25.9. The Hall–Kier alpha value is -0.900. The Morgan fingerprint density at radius 1 is 1.38 bits per heavy atom. The zero-order valence-corrected chi connectivity index (χ0v) is 10.1. The molecule has 16 heavy (non-hydrogen) atoms. The highest BCUT2D eigenvalue weighted by Gasteiger charge is 2.21. The van der Waals surface area contributed by atoms with Gasteiger partial charge in [-0.2, -0.15) is 0 Å². The molecule has 0 atom stereocenters. The lowest BCUT2D eigenvalue weighted by Crippen LogP contribution is -2.18. The summed E-state index contributed by atoms with van der Waals surface area (Å²) in [7, 11) is 0. The number of hydrogen-bond acceptors (Lipinski definition) is 3. The predicted octanol–water partition coefficient (Wildman–Crippen LogP) is 1.92. The maximum atomic E-state index is 5.51. The smallest absolute Gasteiger partial charge is 0.0839 e. The summed E-state index contributed by atoms with van der Waals surface area (Å²) in [6, 6.07) is 0.571. The van der Waals surface area contributed by atoms with E-state index in [0.29, 0.717) is 12.6 Å². The Balaban J connectivity index is 1.92. The number of aromatic nitrogens is 3. The van der Waals surface area contributed by atoms with Crippen molar-refractivity contribution in [2.45, 2.75) is 51.5 Å². The third-order valence-corrected chi connectivity index (χ3v) is 3.73. The lowest BCUT2D eigenvalue weighted by molar-refractivity contribution is 0.253. The molecule has 0 unspecified atom stereocenters. The Labute approximate surface area is 97.2 Å². The summed E-state index contributed by atoms with van der Waals surface area (Å²) in [5, 5.41) is 8.37. The first-order valence-electron chi connectivity index (χ1n) is 6.44. The van der Waals surface area contributed by atoms with E-state index >= 15 is 0 Å². The van der Waals surface area contributed by atoms with Crippen molar-refractivity contribution >= 4 is 0 Å². The summed E-state index contributed by atoms with van der Waals surface area (Å²) >= 11 is 0. The Kier molecular flexibility index (Phi) is 3.93. The molecule has 0 spiro atoms. The van der Waals surface area contributed by atoms with E-state index in [9.17, 15) is 0 Å². The van der Waals surface area contributed by atoms with E-state index < -0.39 is 0 Å². The van der Waals surface area contributed by atoms with Crippen LogP contribution in [-0.2, 0) is 6.42 Å². The largest absolute Gasteiger partial charge is 0.330 e. The quantitative estimate of drug-likeness (QED) is 0.846. The SMILES string of the molecule is CCC1CCC(n2cc(CCN)nn2)CC1. The van der Waals surface area contributed by atoms with Crippen molar-refractivity contribution in [1.29, 1.82) is 0 Å². The zero-order valence-electron chi connectivity index (χ0n) is 10.1. The molecule has 0 aliphatic heterocycles. The van der Waals surface area contributed by atoms with Crippen LogP contribution in [0.1, 0.15) is 50.8 Å². The fraction of sp³-hybridized carbons (Fsp3) is 0.833. The van der Waals surface area contributed by atoms with E-state index in [1.807, 2.05) is 0 Å². The summed E-state index contributed by atoms with van der Waals surface area (Å²) in [4.78, 5) is 0. The van der Waals surface area contributed by atoms with Crippen LogP contribution in [0, 0.1) is 5.92 Å². The first kappa shape index (κ1) is 11.6. The van der Waals surface area contributed by atoms with E-state index in [2.05, 4.69) is 28.1 Å². The molecular formula is C12H22N4. The van der Waals surface area contributed by atoms with Crippen LogP contribution in [0.25, 0.3) is 0 Å². The maximum Gasteiger partial charge on any atom is 0.0839 e. The third-order valence-electron chi connectivity index (χ3n) is 3.73. The molecule has 1 saturated carbocycles. The van der Waals surface area contributed by atoms with Crippen LogP contribution in [0.15, 0.2) is 6.20 Å². The summed E-state index contributed by atoms with van der Waals surface area (Å²) in [5.74, 6) is 0.934. The van der Waals surface area contributed by atoms with Gasteiger partial charge >= 0.3 is 0 Å². The summed E-state index contributed by atoms with van der Waals surface area (Å²) in [5.41, 5.74) is 6.54. The van der Waals surface area contributed by atoms with E-state index in [0.717, 1.165) is 18.0 Å². The standard InChI is InChI=1S/C12H22N4/c1-2-10-3-5-12(6-4-10)16-9-11(7-8-13)14-15-16/h9-10,12H,2-8,13H2,1H3. The van der Waals surface area contributed by atoms with Crippen LogP contribution < -0.4 is 5.73 Å². The molecule has 2 rings (SSSR count). The molecule has 1 fully saturated rings.